The number of amides is 2. The van der Waals surface area contributed by atoms with Crippen LogP contribution in [0.15, 0.2) is 42.0 Å². The van der Waals surface area contributed by atoms with Crippen LogP contribution in [0.2, 0.25) is 0 Å². The lowest BCUT2D eigenvalue weighted by molar-refractivity contribution is -0.178. The molecule has 0 radical (unpaired) electrons. The van der Waals surface area contributed by atoms with Gasteiger partial charge in [-0.2, -0.15) is 0 Å². The van der Waals surface area contributed by atoms with E-state index in [1.165, 1.54) is 4.90 Å². The molecule has 0 unspecified atom stereocenters. The Morgan fingerprint density at radius 1 is 1.27 bits per heavy atom. The van der Waals surface area contributed by atoms with Crippen LogP contribution in [0.25, 0.3) is 0 Å². The number of likely N-dealkylation sites (N-methyl/N-ethyl adjacent to an activating group) is 2. The molecule has 4 rings (SSSR count). The molecule has 6 atom stereocenters. The summed E-state index contributed by atoms with van der Waals surface area (Å²) in [5.74, 6) is -1.00. The van der Waals surface area contributed by atoms with Crippen molar-refractivity contribution in [1.82, 2.24) is 15.1 Å². The molecule has 37 heavy (non-hydrogen) atoms. The van der Waals surface area contributed by atoms with E-state index in [2.05, 4.69) is 11.4 Å². The van der Waals surface area contributed by atoms with Gasteiger partial charge in [-0.25, -0.2) is 9.59 Å². The van der Waals surface area contributed by atoms with E-state index < -0.39 is 42.0 Å². The van der Waals surface area contributed by atoms with Crippen LogP contribution >= 0.6 is 0 Å². The Morgan fingerprint density at radius 3 is 2.62 bits per heavy atom. The zero-order valence-corrected chi connectivity index (χ0v) is 22.6. The molecular weight excluding hydrogens is 474 g/mol. The first-order valence-corrected chi connectivity index (χ1v) is 13.1. The van der Waals surface area contributed by atoms with Gasteiger partial charge < -0.3 is 24.4 Å². The first-order chi connectivity index (χ1) is 17.6. The minimum atomic E-state index is -0.865. The van der Waals surface area contributed by atoms with Crippen LogP contribution in [0.5, 0.6) is 0 Å². The Bertz CT molecular complexity index is 1040. The number of likely N-dealkylation sites (tertiary alicyclic amines) is 1. The maximum atomic E-state index is 13.6. The van der Waals surface area contributed by atoms with E-state index in [1.807, 2.05) is 65.0 Å². The average molecular weight is 514 g/mol. The highest BCUT2D eigenvalue weighted by atomic mass is 16.6. The zero-order chi connectivity index (χ0) is 26.9. The molecule has 0 aliphatic carbocycles. The van der Waals surface area contributed by atoms with E-state index in [9.17, 15) is 14.4 Å². The predicted octanol–water partition coefficient (Wildman–Crippen LogP) is 3.09. The Balaban J connectivity index is 1.50. The number of hydrogen-bond acceptors (Lipinski definition) is 7. The number of nitrogens with zero attached hydrogens (tertiary/aromatic N) is 2. The lowest BCUT2D eigenvalue weighted by Gasteiger charge is -2.37. The molecule has 0 aromatic heterocycles. The standard InChI is InChI=1S/C28H39N3O6/c1-7-31-24(32)21-22(37-28(5)14-18(4)15-29-23(21)28)25(31)36-26(33)20(13-17(2)3)30(6)27(34)35-16-19-11-9-8-10-12-19/h8-12,14,17,20-23,25,29H,7,13,15-16H2,1-6H3/t20-,21-,22-,23-,25-,28-/m0/s1. The Morgan fingerprint density at radius 2 is 1.97 bits per heavy atom. The van der Waals surface area contributed by atoms with Crippen molar-refractivity contribution < 1.29 is 28.6 Å². The van der Waals surface area contributed by atoms with Gasteiger partial charge in [0.2, 0.25) is 12.1 Å². The maximum absolute atomic E-state index is 13.6. The number of ether oxygens (including phenoxy) is 3. The van der Waals surface area contributed by atoms with E-state index >= 15 is 0 Å². The molecule has 1 N–H and O–H groups in total. The molecule has 2 fully saturated rings. The van der Waals surface area contributed by atoms with Gasteiger partial charge in [-0.1, -0.05) is 55.8 Å². The molecule has 3 heterocycles. The van der Waals surface area contributed by atoms with Gasteiger partial charge in [-0.15, -0.1) is 0 Å². The van der Waals surface area contributed by atoms with Gasteiger partial charge in [-0.05, 0) is 38.7 Å². The van der Waals surface area contributed by atoms with Gasteiger partial charge in [0.25, 0.3) is 0 Å². The zero-order valence-electron chi connectivity index (χ0n) is 22.6. The van der Waals surface area contributed by atoms with Crippen LogP contribution in [0, 0.1) is 11.8 Å². The van der Waals surface area contributed by atoms with Crippen molar-refractivity contribution in [3.05, 3.63) is 47.5 Å². The van der Waals surface area contributed by atoms with Crippen LogP contribution in [0.1, 0.15) is 46.6 Å². The summed E-state index contributed by atoms with van der Waals surface area (Å²) in [7, 11) is 1.54. The fourth-order valence-corrected chi connectivity index (χ4v) is 5.73. The van der Waals surface area contributed by atoms with Crippen molar-refractivity contribution in [2.75, 3.05) is 20.1 Å². The number of nitrogens with one attached hydrogen (secondary N) is 1. The van der Waals surface area contributed by atoms with E-state index in [4.69, 9.17) is 14.2 Å². The number of rotatable bonds is 8. The molecule has 0 bridgehead atoms. The molecule has 1 aromatic rings. The van der Waals surface area contributed by atoms with Gasteiger partial charge in [0.15, 0.2) is 0 Å². The molecule has 1 aromatic carbocycles. The third-order valence-electron chi connectivity index (χ3n) is 7.52. The van der Waals surface area contributed by atoms with Crippen LogP contribution in [-0.2, 0) is 30.4 Å². The van der Waals surface area contributed by atoms with E-state index in [1.54, 1.807) is 11.9 Å². The minimum absolute atomic E-state index is 0.0875. The maximum Gasteiger partial charge on any atom is 0.410 e. The highest BCUT2D eigenvalue weighted by Crippen LogP contribution is 2.46. The van der Waals surface area contributed by atoms with Crippen molar-refractivity contribution >= 4 is 18.0 Å². The summed E-state index contributed by atoms with van der Waals surface area (Å²) in [5, 5.41) is 3.45. The summed E-state index contributed by atoms with van der Waals surface area (Å²) in [6.45, 7) is 11.0. The molecule has 2 amide bonds. The third kappa shape index (κ3) is 5.38. The fourth-order valence-electron chi connectivity index (χ4n) is 5.73. The highest BCUT2D eigenvalue weighted by molar-refractivity contribution is 5.86. The molecule has 3 aliphatic rings. The first-order valence-electron chi connectivity index (χ1n) is 13.1. The predicted molar refractivity (Wildman–Crippen MR) is 137 cm³/mol. The number of carbonyl (C=O) groups excluding carboxylic acids is 3. The quantitative estimate of drug-likeness (QED) is 0.421. The minimum Gasteiger partial charge on any atom is -0.445 e. The summed E-state index contributed by atoms with van der Waals surface area (Å²) in [4.78, 5) is 42.7. The summed E-state index contributed by atoms with van der Waals surface area (Å²) in [5.41, 5.74) is 1.33. The van der Waals surface area contributed by atoms with Crippen LogP contribution in [0.3, 0.4) is 0 Å². The SMILES string of the molecule is CCN1C(=O)[C@H]2[C@H](O[C@@]3(C)C=C(C)CN[C@@H]23)[C@@H]1OC(=O)[C@H](CC(C)C)N(C)C(=O)OCc1ccccc1. The fraction of sp³-hybridized carbons (Fsp3) is 0.607. The molecular formula is C28H39N3O6. The Hall–Kier alpha value is -2.91. The van der Waals surface area contributed by atoms with Crippen molar-refractivity contribution in [3.8, 4) is 0 Å². The highest BCUT2D eigenvalue weighted by Gasteiger charge is 2.64. The number of benzene rings is 1. The van der Waals surface area contributed by atoms with Gasteiger partial charge in [-0.3, -0.25) is 9.69 Å². The van der Waals surface area contributed by atoms with Crippen molar-refractivity contribution in [1.29, 1.82) is 0 Å². The largest absolute Gasteiger partial charge is 0.445 e. The second kappa shape index (κ2) is 10.8. The molecule has 3 aliphatic heterocycles. The van der Waals surface area contributed by atoms with Crippen LogP contribution in [0.4, 0.5) is 4.79 Å². The second-order valence-electron chi connectivity index (χ2n) is 10.9. The summed E-state index contributed by atoms with van der Waals surface area (Å²) >= 11 is 0. The van der Waals surface area contributed by atoms with Gasteiger partial charge in [0, 0.05) is 20.1 Å². The lowest BCUT2D eigenvalue weighted by atomic mass is 9.84. The molecule has 9 nitrogen and oxygen atoms in total. The Kier molecular flexibility index (Phi) is 7.94. The Labute approximate surface area is 219 Å². The van der Waals surface area contributed by atoms with Gasteiger partial charge in [0.1, 0.15) is 24.4 Å². The summed E-state index contributed by atoms with van der Waals surface area (Å²) < 4.78 is 17.9. The van der Waals surface area contributed by atoms with E-state index in [0.29, 0.717) is 19.5 Å². The molecule has 202 valence electrons. The van der Waals surface area contributed by atoms with Gasteiger partial charge >= 0.3 is 12.1 Å². The molecule has 2 saturated heterocycles. The topological polar surface area (TPSA) is 97.4 Å². The molecule has 0 saturated carbocycles. The normalized spacial score (nSPS) is 29.4. The van der Waals surface area contributed by atoms with E-state index in [-0.39, 0.29) is 24.5 Å². The van der Waals surface area contributed by atoms with Crippen molar-refractivity contribution in [3.63, 3.8) is 0 Å². The lowest BCUT2D eigenvalue weighted by Crippen LogP contribution is -2.54. The smallest absolute Gasteiger partial charge is 0.410 e. The molecule has 0 spiro atoms. The monoisotopic (exact) mass is 513 g/mol. The molecule has 9 heteroatoms. The summed E-state index contributed by atoms with van der Waals surface area (Å²) in [6.07, 6.45) is 0.376. The van der Waals surface area contributed by atoms with Crippen molar-refractivity contribution in [2.45, 2.75) is 77.7 Å². The van der Waals surface area contributed by atoms with Crippen LogP contribution < -0.4 is 5.32 Å². The summed E-state index contributed by atoms with van der Waals surface area (Å²) in [6, 6.07) is 8.30. The number of esters is 1. The number of fused-ring (bicyclic) bond motifs is 3. The average Bonchev–Trinajstić information content (AvgIpc) is 3.29. The van der Waals surface area contributed by atoms with Gasteiger partial charge in [0.05, 0.1) is 12.0 Å². The third-order valence-corrected chi connectivity index (χ3v) is 7.52. The number of hydrogen-bond donors (Lipinski definition) is 1. The second-order valence-corrected chi connectivity index (χ2v) is 10.9. The number of carbonyl (C=O) groups is 3. The van der Waals surface area contributed by atoms with E-state index in [0.717, 1.165) is 11.1 Å². The first kappa shape index (κ1) is 27.1. The van der Waals surface area contributed by atoms with Crippen molar-refractivity contribution in [2.24, 2.45) is 11.8 Å². The van der Waals surface area contributed by atoms with Crippen LogP contribution in [-0.4, -0.2) is 77.9 Å².